The van der Waals surface area contributed by atoms with Crippen LogP contribution in [0.4, 0.5) is 22.9 Å². The molecule has 40 heavy (non-hydrogen) atoms. The van der Waals surface area contributed by atoms with Crippen LogP contribution in [0.3, 0.4) is 0 Å². The highest BCUT2D eigenvalue weighted by Gasteiger charge is 2.22. The minimum atomic E-state index is -0.134. The summed E-state index contributed by atoms with van der Waals surface area (Å²) < 4.78 is 0. The molecule has 0 bridgehead atoms. The number of nitrogens with zero attached hydrogens (tertiary/aromatic N) is 6. The van der Waals surface area contributed by atoms with Crippen molar-refractivity contribution in [3.63, 3.8) is 0 Å². The van der Waals surface area contributed by atoms with Crippen molar-refractivity contribution in [3.8, 4) is 0 Å². The minimum Gasteiger partial charge on any atom is -0.369 e. The number of hydrogen-bond donors (Lipinski definition) is 2. The number of rotatable bonds is 6. The Labute approximate surface area is 236 Å². The zero-order valence-corrected chi connectivity index (χ0v) is 24.2. The zero-order chi connectivity index (χ0) is 28.4. The van der Waals surface area contributed by atoms with Gasteiger partial charge in [0.1, 0.15) is 23.2 Å². The number of aryl methyl sites for hydroxylation is 2. The van der Waals surface area contributed by atoms with Crippen LogP contribution in [0.2, 0.25) is 0 Å². The lowest BCUT2D eigenvalue weighted by Crippen LogP contribution is -2.46. The predicted molar refractivity (Wildman–Crippen MR) is 162 cm³/mol. The van der Waals surface area contributed by atoms with E-state index in [-0.39, 0.29) is 11.3 Å². The van der Waals surface area contributed by atoms with E-state index in [2.05, 4.69) is 74.1 Å². The summed E-state index contributed by atoms with van der Waals surface area (Å²) in [4.78, 5) is 35.9. The average Bonchev–Trinajstić information content (AvgIpc) is 2.94. The van der Waals surface area contributed by atoms with E-state index in [4.69, 9.17) is 0 Å². The molecule has 9 heteroatoms. The van der Waals surface area contributed by atoms with E-state index in [1.165, 1.54) is 6.33 Å². The van der Waals surface area contributed by atoms with Gasteiger partial charge in [-0.05, 0) is 67.3 Å². The molecule has 0 spiro atoms. The molecule has 2 aromatic heterocycles. The second-order valence-corrected chi connectivity index (χ2v) is 11.4. The van der Waals surface area contributed by atoms with Crippen molar-refractivity contribution >= 4 is 39.8 Å². The monoisotopic (exact) mass is 538 g/mol. The Kier molecular flexibility index (Phi) is 7.67. The number of likely N-dealkylation sites (N-methyl/N-ethyl adjacent to an activating group) is 1. The quantitative estimate of drug-likeness (QED) is 0.333. The number of amides is 1. The van der Waals surface area contributed by atoms with E-state index in [9.17, 15) is 4.79 Å². The molecule has 2 aromatic carbocycles. The van der Waals surface area contributed by atoms with E-state index in [0.29, 0.717) is 33.9 Å². The van der Waals surface area contributed by atoms with Crippen molar-refractivity contribution < 1.29 is 4.79 Å². The summed E-state index contributed by atoms with van der Waals surface area (Å²) in [6.45, 7) is 17.6. The fourth-order valence-electron chi connectivity index (χ4n) is 4.88. The Morgan fingerprint density at radius 1 is 0.975 bits per heavy atom. The van der Waals surface area contributed by atoms with Crippen LogP contribution in [0, 0.1) is 13.8 Å². The van der Waals surface area contributed by atoms with Gasteiger partial charge in [0.15, 0.2) is 5.82 Å². The number of aromatic nitrogens is 4. The molecule has 0 atom stereocenters. The summed E-state index contributed by atoms with van der Waals surface area (Å²) in [5.41, 5.74) is 6.67. The molecule has 2 N–H and O–H groups in total. The van der Waals surface area contributed by atoms with Crippen molar-refractivity contribution in [2.45, 2.75) is 47.0 Å². The summed E-state index contributed by atoms with van der Waals surface area (Å²) in [5, 5.41) is 6.50. The molecule has 1 fully saturated rings. The van der Waals surface area contributed by atoms with Crippen molar-refractivity contribution in [2.75, 3.05) is 48.3 Å². The molecule has 1 aliphatic rings. The summed E-state index contributed by atoms with van der Waals surface area (Å²) in [6.07, 6.45) is 3.18. The second kappa shape index (κ2) is 11.2. The van der Waals surface area contributed by atoms with Crippen molar-refractivity contribution in [1.29, 1.82) is 0 Å². The molecule has 5 rings (SSSR count). The highest BCUT2D eigenvalue weighted by atomic mass is 16.1. The summed E-state index contributed by atoms with van der Waals surface area (Å²) in [7, 11) is 0. The first kappa shape index (κ1) is 27.5. The summed E-state index contributed by atoms with van der Waals surface area (Å²) in [6, 6.07) is 12.1. The third-order valence-electron chi connectivity index (χ3n) is 7.48. The van der Waals surface area contributed by atoms with E-state index in [1.54, 1.807) is 6.20 Å². The number of piperazine rings is 1. The normalized spacial score (nSPS) is 14.4. The second-order valence-electron chi connectivity index (χ2n) is 11.4. The topological polar surface area (TPSA) is 99.2 Å². The predicted octanol–water partition coefficient (Wildman–Crippen LogP) is 5.47. The third-order valence-corrected chi connectivity index (χ3v) is 7.48. The molecular formula is C31H38N8O. The number of carbonyl (C=O) groups is 1. The van der Waals surface area contributed by atoms with Gasteiger partial charge in [0.05, 0.1) is 6.20 Å². The maximum Gasteiger partial charge on any atom is 0.255 e. The first-order chi connectivity index (χ1) is 19.1. The van der Waals surface area contributed by atoms with Crippen LogP contribution in [-0.4, -0.2) is 63.5 Å². The number of benzene rings is 2. The Balaban J connectivity index is 1.41. The van der Waals surface area contributed by atoms with Crippen molar-refractivity contribution in [3.05, 3.63) is 71.4 Å². The van der Waals surface area contributed by atoms with Crippen molar-refractivity contribution in [2.24, 2.45) is 0 Å². The van der Waals surface area contributed by atoms with E-state index < -0.39 is 0 Å². The molecular weight excluding hydrogens is 500 g/mol. The third kappa shape index (κ3) is 6.04. The van der Waals surface area contributed by atoms with E-state index >= 15 is 0 Å². The Morgan fingerprint density at radius 2 is 1.75 bits per heavy atom. The molecule has 9 nitrogen and oxygen atoms in total. The Morgan fingerprint density at radius 3 is 2.48 bits per heavy atom. The van der Waals surface area contributed by atoms with Gasteiger partial charge in [-0.15, -0.1) is 0 Å². The van der Waals surface area contributed by atoms with Gasteiger partial charge in [-0.25, -0.2) is 19.9 Å². The largest absolute Gasteiger partial charge is 0.369 e. The first-order valence-electron chi connectivity index (χ1n) is 13.9. The summed E-state index contributed by atoms with van der Waals surface area (Å²) >= 11 is 0. The van der Waals surface area contributed by atoms with E-state index in [1.807, 2.05) is 44.2 Å². The molecule has 1 amide bonds. The molecule has 3 heterocycles. The van der Waals surface area contributed by atoms with Gasteiger partial charge >= 0.3 is 0 Å². The number of hydrogen-bond acceptors (Lipinski definition) is 8. The smallest absolute Gasteiger partial charge is 0.255 e. The van der Waals surface area contributed by atoms with Gasteiger partial charge < -0.3 is 20.4 Å². The fraction of sp³-hybridized carbons (Fsp3) is 0.387. The Hall–Kier alpha value is -4.11. The molecule has 0 unspecified atom stereocenters. The average molecular weight is 539 g/mol. The van der Waals surface area contributed by atoms with E-state index in [0.717, 1.165) is 55.2 Å². The van der Waals surface area contributed by atoms with Crippen LogP contribution in [0.1, 0.15) is 55.0 Å². The van der Waals surface area contributed by atoms with Gasteiger partial charge in [-0.2, -0.15) is 0 Å². The van der Waals surface area contributed by atoms with Crippen LogP contribution >= 0.6 is 0 Å². The molecule has 0 radical (unpaired) electrons. The standard InChI is InChI=1S/C31H38N8O/c1-7-38-10-12-39(13-11-38)25-15-22(14-23(16-25)31(4,5)6)30(40)36-24-9-8-20(2)26(17-24)37-29-28-27(33-19-34-29)18-32-21(3)35-28/h8-9,14-19H,7,10-13H2,1-6H3,(H,36,40)(H,33,34,37). The molecule has 1 aliphatic heterocycles. The molecule has 0 saturated carbocycles. The molecule has 1 saturated heterocycles. The van der Waals surface area contributed by atoms with Crippen LogP contribution in [-0.2, 0) is 5.41 Å². The van der Waals surface area contributed by atoms with Gasteiger partial charge in [-0.1, -0.05) is 33.8 Å². The molecule has 4 aromatic rings. The lowest BCUT2D eigenvalue weighted by molar-refractivity contribution is 0.102. The highest BCUT2D eigenvalue weighted by molar-refractivity contribution is 6.05. The van der Waals surface area contributed by atoms with Crippen LogP contribution in [0.15, 0.2) is 48.9 Å². The maximum atomic E-state index is 13.6. The SMILES string of the molecule is CCN1CCN(c2cc(C(=O)Nc3ccc(C)c(Nc4ncnc5cnc(C)nc45)c3)cc(C(C)(C)C)c2)CC1. The van der Waals surface area contributed by atoms with Gasteiger partial charge in [0, 0.05) is 48.8 Å². The van der Waals surface area contributed by atoms with Gasteiger partial charge in [0.2, 0.25) is 0 Å². The Bertz CT molecular complexity index is 1540. The number of anilines is 4. The lowest BCUT2D eigenvalue weighted by atomic mass is 9.85. The highest BCUT2D eigenvalue weighted by Crippen LogP contribution is 2.30. The molecule has 0 aliphatic carbocycles. The minimum absolute atomic E-state index is 0.0839. The van der Waals surface area contributed by atoms with Crippen LogP contribution < -0.4 is 15.5 Å². The van der Waals surface area contributed by atoms with Crippen LogP contribution in [0.5, 0.6) is 0 Å². The number of nitrogens with one attached hydrogen (secondary N) is 2. The first-order valence-corrected chi connectivity index (χ1v) is 13.9. The van der Waals surface area contributed by atoms with Crippen molar-refractivity contribution in [1.82, 2.24) is 24.8 Å². The van der Waals surface area contributed by atoms with Gasteiger partial charge in [0.25, 0.3) is 5.91 Å². The maximum absolute atomic E-state index is 13.6. The summed E-state index contributed by atoms with van der Waals surface area (Å²) in [5.74, 6) is 1.10. The zero-order valence-electron chi connectivity index (χ0n) is 24.2. The fourth-order valence-corrected chi connectivity index (χ4v) is 4.88. The molecule has 208 valence electrons. The number of fused-ring (bicyclic) bond motifs is 1. The lowest BCUT2D eigenvalue weighted by Gasteiger charge is -2.36. The van der Waals surface area contributed by atoms with Gasteiger partial charge in [-0.3, -0.25) is 4.79 Å². The number of carbonyl (C=O) groups excluding carboxylic acids is 1. The van der Waals surface area contributed by atoms with Crippen LogP contribution in [0.25, 0.3) is 11.0 Å².